The summed E-state index contributed by atoms with van der Waals surface area (Å²) in [4.78, 5) is 19.8. The number of amides is 1. The van der Waals surface area contributed by atoms with Crippen LogP contribution >= 0.6 is 0 Å². The van der Waals surface area contributed by atoms with Gasteiger partial charge in [0.05, 0.1) is 25.5 Å². The molecule has 0 radical (unpaired) electrons. The standard InChI is InChI=1S/C25H30N4O3/c1-31-19-3-5-22-21(15-19)23(16-27-22)29-11-9-28(10-12-29)8-6-24-20-4-2-18(25(26)30)14-17(20)7-13-32-24/h2-5,14-16,24,27H,6-13H2,1H3,(H2,26,30). The minimum absolute atomic E-state index is 0.0831. The fraction of sp³-hybridized carbons (Fsp3) is 0.400. The number of carbonyl (C=O) groups is 1. The highest BCUT2D eigenvalue weighted by Gasteiger charge is 2.24. The number of hydrogen-bond acceptors (Lipinski definition) is 5. The number of carbonyl (C=O) groups excluding carboxylic acids is 1. The molecule has 2 aliphatic heterocycles. The predicted octanol–water partition coefficient (Wildman–Crippen LogP) is 3.10. The van der Waals surface area contributed by atoms with Gasteiger partial charge >= 0.3 is 0 Å². The Morgan fingerprint density at radius 1 is 1.19 bits per heavy atom. The molecule has 0 aliphatic carbocycles. The molecule has 5 rings (SSSR count). The van der Waals surface area contributed by atoms with Gasteiger partial charge in [0.25, 0.3) is 0 Å². The van der Waals surface area contributed by atoms with E-state index in [-0.39, 0.29) is 12.0 Å². The number of methoxy groups -OCH3 is 1. The van der Waals surface area contributed by atoms with Gasteiger partial charge in [-0.25, -0.2) is 0 Å². The zero-order valence-corrected chi connectivity index (χ0v) is 18.5. The van der Waals surface area contributed by atoms with Gasteiger partial charge in [0.15, 0.2) is 0 Å². The van der Waals surface area contributed by atoms with Gasteiger partial charge in [0, 0.05) is 55.4 Å². The number of benzene rings is 2. The van der Waals surface area contributed by atoms with Gasteiger partial charge in [0.2, 0.25) is 5.91 Å². The van der Waals surface area contributed by atoms with Crippen LogP contribution in [0.1, 0.15) is 34.0 Å². The number of H-pyrrole nitrogens is 1. The van der Waals surface area contributed by atoms with Crippen molar-refractivity contribution in [3.05, 3.63) is 59.3 Å². The first kappa shape index (κ1) is 20.8. The fourth-order valence-electron chi connectivity index (χ4n) is 4.92. The Morgan fingerprint density at radius 3 is 2.81 bits per heavy atom. The number of hydrogen-bond donors (Lipinski definition) is 2. The molecule has 7 heteroatoms. The van der Waals surface area contributed by atoms with Crippen LogP contribution in [0.25, 0.3) is 10.9 Å². The maximum absolute atomic E-state index is 11.5. The number of nitrogens with one attached hydrogen (secondary N) is 1. The lowest BCUT2D eigenvalue weighted by Crippen LogP contribution is -2.46. The number of ether oxygens (including phenoxy) is 2. The molecule has 7 nitrogen and oxygen atoms in total. The Morgan fingerprint density at radius 2 is 2.03 bits per heavy atom. The quantitative estimate of drug-likeness (QED) is 0.623. The van der Waals surface area contributed by atoms with Crippen molar-refractivity contribution < 1.29 is 14.3 Å². The van der Waals surface area contributed by atoms with E-state index in [0.717, 1.165) is 56.8 Å². The molecular weight excluding hydrogens is 404 g/mol. The molecule has 2 aromatic carbocycles. The predicted molar refractivity (Wildman–Crippen MR) is 125 cm³/mol. The van der Waals surface area contributed by atoms with Crippen LogP contribution in [0, 0.1) is 0 Å². The Hall–Kier alpha value is -3.03. The molecule has 1 atom stereocenters. The average Bonchev–Trinajstić information content (AvgIpc) is 3.25. The number of aromatic nitrogens is 1. The summed E-state index contributed by atoms with van der Waals surface area (Å²) in [6, 6.07) is 11.9. The third-order valence-electron chi connectivity index (χ3n) is 6.75. The van der Waals surface area contributed by atoms with Crippen molar-refractivity contribution in [1.82, 2.24) is 9.88 Å². The van der Waals surface area contributed by atoms with Gasteiger partial charge in [-0.1, -0.05) is 6.07 Å². The average molecular weight is 435 g/mol. The molecule has 1 saturated heterocycles. The van der Waals surface area contributed by atoms with Crippen LogP contribution in [0.3, 0.4) is 0 Å². The van der Waals surface area contributed by atoms with Crippen LogP contribution in [0.5, 0.6) is 5.75 Å². The minimum atomic E-state index is -0.373. The van der Waals surface area contributed by atoms with Crippen LogP contribution in [0.15, 0.2) is 42.6 Å². The first-order valence-corrected chi connectivity index (χ1v) is 11.3. The van der Waals surface area contributed by atoms with E-state index in [4.69, 9.17) is 15.2 Å². The van der Waals surface area contributed by atoms with E-state index in [1.54, 1.807) is 7.11 Å². The van der Waals surface area contributed by atoms with E-state index in [1.165, 1.54) is 22.2 Å². The maximum Gasteiger partial charge on any atom is 0.248 e. The van der Waals surface area contributed by atoms with Gasteiger partial charge < -0.3 is 25.1 Å². The zero-order valence-electron chi connectivity index (χ0n) is 18.5. The Labute approximate surface area is 188 Å². The molecule has 168 valence electrons. The highest BCUT2D eigenvalue weighted by molar-refractivity contribution is 5.94. The molecule has 1 amide bonds. The second kappa shape index (κ2) is 8.84. The van der Waals surface area contributed by atoms with Crippen LogP contribution in [-0.2, 0) is 11.2 Å². The van der Waals surface area contributed by atoms with Gasteiger partial charge in [-0.3, -0.25) is 9.69 Å². The van der Waals surface area contributed by atoms with E-state index < -0.39 is 0 Å². The van der Waals surface area contributed by atoms with Crippen LogP contribution in [0.4, 0.5) is 5.69 Å². The summed E-state index contributed by atoms with van der Waals surface area (Å²) in [7, 11) is 1.71. The van der Waals surface area contributed by atoms with Crippen molar-refractivity contribution in [3.8, 4) is 5.75 Å². The monoisotopic (exact) mass is 434 g/mol. The zero-order chi connectivity index (χ0) is 22.1. The van der Waals surface area contributed by atoms with E-state index in [1.807, 2.05) is 24.3 Å². The number of fused-ring (bicyclic) bond motifs is 2. The topological polar surface area (TPSA) is 83.8 Å². The largest absolute Gasteiger partial charge is 0.497 e. The third kappa shape index (κ3) is 4.06. The normalized spacial score (nSPS) is 19.2. The Kier molecular flexibility index (Phi) is 5.76. The number of nitrogens with zero attached hydrogens (tertiary/aromatic N) is 2. The molecular formula is C25H30N4O3. The smallest absolute Gasteiger partial charge is 0.248 e. The lowest BCUT2D eigenvalue weighted by molar-refractivity contribution is 0.0289. The second-order valence-corrected chi connectivity index (χ2v) is 8.59. The number of rotatable bonds is 6. The molecule has 3 N–H and O–H groups in total. The van der Waals surface area contributed by atoms with Crippen molar-refractivity contribution >= 4 is 22.5 Å². The molecule has 3 heterocycles. The van der Waals surface area contributed by atoms with Gasteiger partial charge in [0.1, 0.15) is 5.75 Å². The molecule has 1 unspecified atom stereocenters. The van der Waals surface area contributed by atoms with E-state index >= 15 is 0 Å². The Balaban J connectivity index is 1.19. The Bertz CT molecular complexity index is 1120. The summed E-state index contributed by atoms with van der Waals surface area (Å²) >= 11 is 0. The first-order valence-electron chi connectivity index (χ1n) is 11.3. The van der Waals surface area contributed by atoms with Crippen LogP contribution in [0.2, 0.25) is 0 Å². The number of primary amides is 1. The molecule has 0 saturated carbocycles. The maximum atomic E-state index is 11.5. The number of anilines is 1. The van der Waals surface area contributed by atoms with Gasteiger partial charge in [-0.15, -0.1) is 0 Å². The lowest BCUT2D eigenvalue weighted by Gasteiger charge is -2.37. The molecule has 3 aromatic rings. The lowest BCUT2D eigenvalue weighted by atomic mass is 9.93. The summed E-state index contributed by atoms with van der Waals surface area (Å²) in [5.41, 5.74) is 10.8. The second-order valence-electron chi connectivity index (χ2n) is 8.59. The number of piperazine rings is 1. The van der Waals surface area contributed by atoms with Crippen molar-refractivity contribution in [2.24, 2.45) is 5.73 Å². The number of nitrogens with two attached hydrogens (primary N) is 1. The number of aromatic amines is 1. The highest BCUT2D eigenvalue weighted by atomic mass is 16.5. The first-order chi connectivity index (χ1) is 15.6. The molecule has 0 spiro atoms. The third-order valence-corrected chi connectivity index (χ3v) is 6.75. The SMILES string of the molecule is COc1ccc2[nH]cc(N3CCN(CCC4OCCc5cc(C(N)=O)ccc54)CC3)c2c1. The van der Waals surface area contributed by atoms with Crippen molar-refractivity contribution in [2.75, 3.05) is 51.3 Å². The highest BCUT2D eigenvalue weighted by Crippen LogP contribution is 2.32. The molecule has 1 aromatic heterocycles. The van der Waals surface area contributed by atoms with Gasteiger partial charge in [-0.05, 0) is 54.3 Å². The molecule has 32 heavy (non-hydrogen) atoms. The molecule has 1 fully saturated rings. The molecule has 0 bridgehead atoms. The van der Waals surface area contributed by atoms with Crippen LogP contribution < -0.4 is 15.4 Å². The minimum Gasteiger partial charge on any atom is -0.497 e. The van der Waals surface area contributed by atoms with Crippen molar-refractivity contribution in [2.45, 2.75) is 18.9 Å². The summed E-state index contributed by atoms with van der Waals surface area (Å²) < 4.78 is 11.5. The molecule has 2 aliphatic rings. The fourth-order valence-corrected chi connectivity index (χ4v) is 4.92. The van der Waals surface area contributed by atoms with Gasteiger partial charge in [-0.2, -0.15) is 0 Å². The summed E-state index contributed by atoms with van der Waals surface area (Å²) in [6.45, 7) is 5.73. The summed E-state index contributed by atoms with van der Waals surface area (Å²) in [5, 5.41) is 1.21. The van der Waals surface area contributed by atoms with Crippen LogP contribution in [-0.4, -0.2) is 62.2 Å². The van der Waals surface area contributed by atoms with E-state index in [2.05, 4.69) is 33.1 Å². The van der Waals surface area contributed by atoms with Crippen molar-refractivity contribution in [3.63, 3.8) is 0 Å². The van der Waals surface area contributed by atoms with E-state index in [0.29, 0.717) is 12.2 Å². The van der Waals surface area contributed by atoms with Crippen molar-refractivity contribution in [1.29, 1.82) is 0 Å². The van der Waals surface area contributed by atoms with E-state index in [9.17, 15) is 4.79 Å². The summed E-state index contributed by atoms with van der Waals surface area (Å²) in [6.07, 6.45) is 3.97. The summed E-state index contributed by atoms with van der Waals surface area (Å²) in [5.74, 6) is 0.509.